The lowest BCUT2D eigenvalue weighted by molar-refractivity contribution is -0.0219. The van der Waals surface area contributed by atoms with E-state index in [1.165, 1.54) is 0 Å². The number of aromatic amines is 1. The number of rotatable bonds is 2. The summed E-state index contributed by atoms with van der Waals surface area (Å²) in [5.74, 6) is 0.676. The zero-order chi connectivity index (χ0) is 13.4. The third-order valence-corrected chi connectivity index (χ3v) is 3.35. The van der Waals surface area contributed by atoms with Gasteiger partial charge in [0, 0.05) is 20.1 Å². The number of aryl methyl sites for hydroxylation is 1. The van der Waals surface area contributed by atoms with Gasteiger partial charge in [0.15, 0.2) is 5.65 Å². The van der Waals surface area contributed by atoms with E-state index in [9.17, 15) is 4.79 Å². The number of morpholine rings is 1. The number of ether oxygens (including phenoxy) is 1. The summed E-state index contributed by atoms with van der Waals surface area (Å²) < 4.78 is 7.12. The molecule has 19 heavy (non-hydrogen) atoms. The molecule has 0 unspecified atom stereocenters. The van der Waals surface area contributed by atoms with E-state index in [1.807, 2.05) is 6.92 Å². The van der Waals surface area contributed by atoms with Crippen LogP contribution in [0.15, 0.2) is 11.0 Å². The highest BCUT2D eigenvalue weighted by Gasteiger charge is 2.18. The van der Waals surface area contributed by atoms with Gasteiger partial charge >= 0.3 is 0 Å². The lowest BCUT2D eigenvalue weighted by Gasteiger charge is -2.30. The molecule has 0 bridgehead atoms. The second kappa shape index (κ2) is 4.75. The Morgan fingerprint density at radius 3 is 3.21 bits per heavy atom. The predicted octanol–water partition coefficient (Wildman–Crippen LogP) is -0.123. The Bertz CT molecular complexity index is 647. The van der Waals surface area contributed by atoms with E-state index in [-0.39, 0.29) is 11.7 Å². The van der Waals surface area contributed by atoms with E-state index in [4.69, 9.17) is 4.74 Å². The maximum absolute atomic E-state index is 11.9. The first kappa shape index (κ1) is 12.3. The van der Waals surface area contributed by atoms with Gasteiger partial charge in [-0.15, -0.1) is 0 Å². The highest BCUT2D eigenvalue weighted by atomic mass is 16.5. The molecular formula is C12H17N5O2. The summed E-state index contributed by atoms with van der Waals surface area (Å²) in [7, 11) is 1.79. The van der Waals surface area contributed by atoms with Crippen molar-refractivity contribution in [1.82, 2.24) is 24.6 Å². The van der Waals surface area contributed by atoms with Crippen LogP contribution in [0.2, 0.25) is 0 Å². The zero-order valence-corrected chi connectivity index (χ0v) is 11.1. The van der Waals surface area contributed by atoms with Crippen molar-refractivity contribution in [2.45, 2.75) is 19.6 Å². The molecule has 7 nitrogen and oxygen atoms in total. The Morgan fingerprint density at radius 2 is 2.42 bits per heavy atom. The van der Waals surface area contributed by atoms with Gasteiger partial charge in [0.2, 0.25) is 0 Å². The molecule has 0 spiro atoms. The van der Waals surface area contributed by atoms with Crippen LogP contribution in [0.25, 0.3) is 11.0 Å². The SMILES string of the molecule is C[C@@H]1CN(Cc2nc3c(cnn3C)c(=O)[nH]2)CCO1. The van der Waals surface area contributed by atoms with Crippen LogP contribution < -0.4 is 5.56 Å². The van der Waals surface area contributed by atoms with E-state index in [2.05, 4.69) is 20.0 Å². The highest BCUT2D eigenvalue weighted by Crippen LogP contribution is 2.09. The van der Waals surface area contributed by atoms with Gasteiger partial charge in [0.05, 0.1) is 25.5 Å². The number of hydrogen-bond donors (Lipinski definition) is 1. The molecule has 0 aromatic carbocycles. The maximum Gasteiger partial charge on any atom is 0.262 e. The van der Waals surface area contributed by atoms with Gasteiger partial charge < -0.3 is 9.72 Å². The predicted molar refractivity (Wildman–Crippen MR) is 69.8 cm³/mol. The molecule has 102 valence electrons. The monoisotopic (exact) mass is 263 g/mol. The van der Waals surface area contributed by atoms with Crippen molar-refractivity contribution in [2.24, 2.45) is 7.05 Å². The Hall–Kier alpha value is -1.73. The van der Waals surface area contributed by atoms with E-state index in [0.29, 0.717) is 23.4 Å². The van der Waals surface area contributed by atoms with Gasteiger partial charge in [-0.3, -0.25) is 14.4 Å². The van der Waals surface area contributed by atoms with E-state index >= 15 is 0 Å². The van der Waals surface area contributed by atoms with Gasteiger partial charge in [-0.05, 0) is 6.92 Å². The largest absolute Gasteiger partial charge is 0.376 e. The molecule has 1 N–H and O–H groups in total. The van der Waals surface area contributed by atoms with Crippen molar-refractivity contribution in [3.63, 3.8) is 0 Å². The van der Waals surface area contributed by atoms with Crippen molar-refractivity contribution in [2.75, 3.05) is 19.7 Å². The van der Waals surface area contributed by atoms with Crippen LogP contribution in [0.3, 0.4) is 0 Å². The summed E-state index contributed by atoms with van der Waals surface area (Å²) in [5.41, 5.74) is 0.495. The van der Waals surface area contributed by atoms with Gasteiger partial charge in [-0.2, -0.15) is 5.10 Å². The number of nitrogens with one attached hydrogen (secondary N) is 1. The molecule has 0 aliphatic carbocycles. The van der Waals surface area contributed by atoms with Crippen molar-refractivity contribution in [1.29, 1.82) is 0 Å². The molecule has 1 fully saturated rings. The normalized spacial score (nSPS) is 21.1. The molecule has 1 atom stereocenters. The molecule has 1 saturated heterocycles. The summed E-state index contributed by atoms with van der Waals surface area (Å²) in [5, 5.41) is 4.59. The summed E-state index contributed by atoms with van der Waals surface area (Å²) in [4.78, 5) is 21.5. The van der Waals surface area contributed by atoms with Crippen LogP contribution in [0.5, 0.6) is 0 Å². The molecule has 2 aromatic heterocycles. The summed E-state index contributed by atoms with van der Waals surface area (Å²) >= 11 is 0. The second-order valence-electron chi connectivity index (χ2n) is 4.93. The van der Waals surface area contributed by atoms with E-state index < -0.39 is 0 Å². The first-order chi connectivity index (χ1) is 9.13. The topological polar surface area (TPSA) is 76.0 Å². The van der Waals surface area contributed by atoms with Crippen LogP contribution in [-0.4, -0.2) is 50.4 Å². The molecule has 0 radical (unpaired) electrons. The number of hydrogen-bond acceptors (Lipinski definition) is 5. The molecule has 3 heterocycles. The van der Waals surface area contributed by atoms with Crippen LogP contribution >= 0.6 is 0 Å². The lowest BCUT2D eigenvalue weighted by Crippen LogP contribution is -2.41. The van der Waals surface area contributed by atoms with Crippen LogP contribution in [0.4, 0.5) is 0 Å². The van der Waals surface area contributed by atoms with Crippen molar-refractivity contribution >= 4 is 11.0 Å². The smallest absolute Gasteiger partial charge is 0.262 e. The standard InChI is InChI=1S/C12H17N5O2/c1-8-6-17(3-4-19-8)7-10-14-11-9(12(18)15-10)5-13-16(11)2/h5,8H,3-4,6-7H2,1-2H3,(H,14,15,18)/t8-/m1/s1. The minimum atomic E-state index is -0.130. The third kappa shape index (κ3) is 2.39. The van der Waals surface area contributed by atoms with Gasteiger partial charge in [-0.1, -0.05) is 0 Å². The molecule has 2 aromatic rings. The first-order valence-electron chi connectivity index (χ1n) is 6.38. The maximum atomic E-state index is 11.9. The molecule has 7 heteroatoms. The van der Waals surface area contributed by atoms with Crippen molar-refractivity contribution < 1.29 is 4.74 Å². The first-order valence-corrected chi connectivity index (χ1v) is 6.38. The fourth-order valence-corrected chi connectivity index (χ4v) is 2.40. The Morgan fingerprint density at radius 1 is 1.58 bits per heavy atom. The number of nitrogens with zero attached hydrogens (tertiary/aromatic N) is 4. The quantitative estimate of drug-likeness (QED) is 0.817. The zero-order valence-electron chi connectivity index (χ0n) is 11.1. The second-order valence-corrected chi connectivity index (χ2v) is 4.93. The Labute approximate surface area is 110 Å². The molecular weight excluding hydrogens is 246 g/mol. The van der Waals surface area contributed by atoms with Gasteiger partial charge in [0.25, 0.3) is 5.56 Å². The van der Waals surface area contributed by atoms with Crippen LogP contribution in [0.1, 0.15) is 12.7 Å². The van der Waals surface area contributed by atoms with Gasteiger partial charge in [0.1, 0.15) is 11.2 Å². The minimum Gasteiger partial charge on any atom is -0.376 e. The third-order valence-electron chi connectivity index (χ3n) is 3.35. The highest BCUT2D eigenvalue weighted by molar-refractivity contribution is 5.72. The van der Waals surface area contributed by atoms with Crippen LogP contribution in [0, 0.1) is 0 Å². The molecule has 1 aliphatic heterocycles. The molecule has 3 rings (SSSR count). The number of H-pyrrole nitrogens is 1. The average molecular weight is 263 g/mol. The number of fused-ring (bicyclic) bond motifs is 1. The van der Waals surface area contributed by atoms with E-state index in [0.717, 1.165) is 19.7 Å². The van der Waals surface area contributed by atoms with Crippen molar-refractivity contribution in [3.8, 4) is 0 Å². The van der Waals surface area contributed by atoms with Gasteiger partial charge in [-0.25, -0.2) is 4.98 Å². The Kier molecular flexibility index (Phi) is 3.08. The number of aromatic nitrogens is 4. The average Bonchev–Trinajstić information content (AvgIpc) is 2.72. The summed E-state index contributed by atoms with van der Waals surface area (Å²) in [6.45, 7) is 5.11. The fraction of sp³-hybridized carbons (Fsp3) is 0.583. The molecule has 0 saturated carbocycles. The van der Waals surface area contributed by atoms with Crippen molar-refractivity contribution in [3.05, 3.63) is 22.4 Å². The molecule has 1 aliphatic rings. The lowest BCUT2D eigenvalue weighted by atomic mass is 10.3. The summed E-state index contributed by atoms with van der Waals surface area (Å²) in [6.07, 6.45) is 1.77. The Balaban J connectivity index is 1.88. The van der Waals surface area contributed by atoms with Crippen LogP contribution in [-0.2, 0) is 18.3 Å². The minimum absolute atomic E-state index is 0.130. The summed E-state index contributed by atoms with van der Waals surface area (Å²) in [6, 6.07) is 0. The van der Waals surface area contributed by atoms with E-state index in [1.54, 1.807) is 17.9 Å². The molecule has 0 amide bonds. The fourth-order valence-electron chi connectivity index (χ4n) is 2.40.